The Morgan fingerprint density at radius 1 is 1.50 bits per heavy atom. The minimum atomic E-state index is -0.132. The zero-order valence-corrected chi connectivity index (χ0v) is 9.69. The van der Waals surface area contributed by atoms with Crippen LogP contribution in [0, 0.1) is 0 Å². The summed E-state index contributed by atoms with van der Waals surface area (Å²) in [6, 6.07) is 4.07. The lowest BCUT2D eigenvalue weighted by Crippen LogP contribution is -2.37. The molecule has 0 spiro atoms. The Labute approximate surface area is 96.3 Å². The van der Waals surface area contributed by atoms with Crippen LogP contribution in [0.25, 0.3) is 0 Å². The Morgan fingerprint density at radius 3 is 2.94 bits per heavy atom. The molecular weight excluding hydrogens is 202 g/mol. The van der Waals surface area contributed by atoms with Gasteiger partial charge in [-0.3, -0.25) is 0 Å². The van der Waals surface area contributed by atoms with Crippen molar-refractivity contribution in [3.8, 4) is 0 Å². The van der Waals surface area contributed by atoms with Gasteiger partial charge in [0, 0.05) is 31.4 Å². The molecule has 1 aliphatic heterocycles. The molecule has 16 heavy (non-hydrogen) atoms. The molecule has 4 heteroatoms. The first-order chi connectivity index (χ1) is 7.81. The average Bonchev–Trinajstić information content (AvgIpc) is 2.32. The Hall–Kier alpha value is -1.13. The van der Waals surface area contributed by atoms with E-state index in [-0.39, 0.29) is 6.10 Å². The molecule has 2 heterocycles. The first-order valence-electron chi connectivity index (χ1n) is 5.83. The van der Waals surface area contributed by atoms with Crippen LogP contribution in [0.15, 0.2) is 18.3 Å². The molecule has 2 N–H and O–H groups in total. The molecule has 0 radical (unpaired) electrons. The van der Waals surface area contributed by atoms with Crippen LogP contribution in [0.1, 0.15) is 18.4 Å². The summed E-state index contributed by atoms with van der Waals surface area (Å²) in [4.78, 5) is 6.71. The van der Waals surface area contributed by atoms with Crippen molar-refractivity contribution >= 4 is 5.82 Å². The second kappa shape index (κ2) is 5.27. The monoisotopic (exact) mass is 221 g/mol. The van der Waals surface area contributed by atoms with Crippen LogP contribution in [0.2, 0.25) is 0 Å². The topological polar surface area (TPSA) is 48.4 Å². The number of aromatic nitrogens is 1. The zero-order chi connectivity index (χ0) is 11.4. The zero-order valence-electron chi connectivity index (χ0n) is 9.69. The van der Waals surface area contributed by atoms with E-state index in [1.807, 2.05) is 19.3 Å². The molecule has 0 saturated carbocycles. The summed E-state index contributed by atoms with van der Waals surface area (Å²) in [6.07, 6.45) is 3.39. The van der Waals surface area contributed by atoms with Gasteiger partial charge in [0.2, 0.25) is 0 Å². The summed E-state index contributed by atoms with van der Waals surface area (Å²) in [5.41, 5.74) is 1.22. The molecule has 0 bridgehead atoms. The molecule has 0 atom stereocenters. The Bertz CT molecular complexity index is 335. The summed E-state index contributed by atoms with van der Waals surface area (Å²) >= 11 is 0. The average molecular weight is 221 g/mol. The molecule has 88 valence electrons. The van der Waals surface area contributed by atoms with E-state index in [9.17, 15) is 5.11 Å². The highest BCUT2D eigenvalue weighted by Gasteiger charge is 2.19. The molecule has 0 aliphatic carbocycles. The summed E-state index contributed by atoms with van der Waals surface area (Å²) in [6.45, 7) is 2.63. The summed E-state index contributed by atoms with van der Waals surface area (Å²) in [5, 5.41) is 12.6. The number of nitrogens with zero attached hydrogens (tertiary/aromatic N) is 2. The van der Waals surface area contributed by atoms with E-state index < -0.39 is 0 Å². The van der Waals surface area contributed by atoms with Crippen LogP contribution < -0.4 is 10.2 Å². The fourth-order valence-corrected chi connectivity index (χ4v) is 2.12. The number of piperidine rings is 1. The van der Waals surface area contributed by atoms with Crippen LogP contribution in [0.4, 0.5) is 5.82 Å². The number of hydrogen-bond donors (Lipinski definition) is 2. The maximum Gasteiger partial charge on any atom is 0.133 e. The maximum absolute atomic E-state index is 9.49. The minimum Gasteiger partial charge on any atom is -0.393 e. The van der Waals surface area contributed by atoms with E-state index in [0.29, 0.717) is 0 Å². The number of aliphatic hydroxyl groups excluding tert-OH is 1. The summed E-state index contributed by atoms with van der Waals surface area (Å²) < 4.78 is 0. The van der Waals surface area contributed by atoms with Gasteiger partial charge in [-0.1, -0.05) is 6.07 Å². The standard InChI is InChI=1S/C12H19N3O/c1-13-9-10-3-2-6-14-12(10)15-7-4-11(16)5-8-15/h2-3,6,11,13,16H,4-5,7-9H2,1H3. The van der Waals surface area contributed by atoms with E-state index in [0.717, 1.165) is 38.3 Å². The lowest BCUT2D eigenvalue weighted by molar-refractivity contribution is 0.145. The van der Waals surface area contributed by atoms with Gasteiger partial charge in [0.1, 0.15) is 5.82 Å². The first kappa shape index (κ1) is 11.4. The third kappa shape index (κ3) is 2.51. The van der Waals surface area contributed by atoms with Gasteiger partial charge in [0.25, 0.3) is 0 Å². The Balaban J connectivity index is 2.13. The highest BCUT2D eigenvalue weighted by atomic mass is 16.3. The van der Waals surface area contributed by atoms with Crippen molar-refractivity contribution in [2.45, 2.75) is 25.5 Å². The van der Waals surface area contributed by atoms with Crippen molar-refractivity contribution in [1.82, 2.24) is 10.3 Å². The molecule has 1 aromatic heterocycles. The van der Waals surface area contributed by atoms with Crippen LogP contribution in [0.3, 0.4) is 0 Å². The van der Waals surface area contributed by atoms with E-state index >= 15 is 0 Å². The van der Waals surface area contributed by atoms with Crippen molar-refractivity contribution in [3.05, 3.63) is 23.9 Å². The highest BCUT2D eigenvalue weighted by molar-refractivity contribution is 5.47. The molecular formula is C12H19N3O. The van der Waals surface area contributed by atoms with Gasteiger partial charge in [0.15, 0.2) is 0 Å². The minimum absolute atomic E-state index is 0.132. The lowest BCUT2D eigenvalue weighted by atomic mass is 10.1. The fourth-order valence-electron chi connectivity index (χ4n) is 2.12. The molecule has 4 nitrogen and oxygen atoms in total. The molecule has 0 amide bonds. The van der Waals surface area contributed by atoms with Gasteiger partial charge in [0.05, 0.1) is 6.10 Å². The largest absolute Gasteiger partial charge is 0.393 e. The van der Waals surface area contributed by atoms with Crippen LogP contribution in [-0.2, 0) is 6.54 Å². The smallest absolute Gasteiger partial charge is 0.133 e. The molecule has 0 aromatic carbocycles. The number of pyridine rings is 1. The van der Waals surface area contributed by atoms with Gasteiger partial charge in [-0.2, -0.15) is 0 Å². The first-order valence-corrected chi connectivity index (χ1v) is 5.83. The van der Waals surface area contributed by atoms with E-state index in [2.05, 4.69) is 21.3 Å². The fraction of sp³-hybridized carbons (Fsp3) is 0.583. The summed E-state index contributed by atoms with van der Waals surface area (Å²) in [7, 11) is 1.94. The molecule has 1 saturated heterocycles. The van der Waals surface area contributed by atoms with Crippen molar-refractivity contribution in [3.63, 3.8) is 0 Å². The normalized spacial score (nSPS) is 17.8. The lowest BCUT2D eigenvalue weighted by Gasteiger charge is -2.31. The highest BCUT2D eigenvalue weighted by Crippen LogP contribution is 2.21. The van der Waals surface area contributed by atoms with Gasteiger partial charge in [-0.15, -0.1) is 0 Å². The van der Waals surface area contributed by atoms with Gasteiger partial charge < -0.3 is 15.3 Å². The van der Waals surface area contributed by atoms with E-state index in [1.54, 1.807) is 0 Å². The van der Waals surface area contributed by atoms with Gasteiger partial charge in [-0.05, 0) is 26.0 Å². The van der Waals surface area contributed by atoms with Gasteiger partial charge >= 0.3 is 0 Å². The van der Waals surface area contributed by atoms with Crippen molar-refractivity contribution in [2.75, 3.05) is 25.0 Å². The van der Waals surface area contributed by atoms with E-state index in [1.165, 1.54) is 5.56 Å². The van der Waals surface area contributed by atoms with Crippen LogP contribution >= 0.6 is 0 Å². The number of aliphatic hydroxyl groups is 1. The summed E-state index contributed by atoms with van der Waals surface area (Å²) in [5.74, 6) is 1.06. The third-order valence-electron chi connectivity index (χ3n) is 3.00. The van der Waals surface area contributed by atoms with Crippen molar-refractivity contribution in [1.29, 1.82) is 0 Å². The maximum atomic E-state index is 9.49. The number of rotatable bonds is 3. The van der Waals surface area contributed by atoms with Crippen molar-refractivity contribution < 1.29 is 5.11 Å². The van der Waals surface area contributed by atoms with Crippen LogP contribution in [0.5, 0.6) is 0 Å². The number of nitrogens with one attached hydrogen (secondary N) is 1. The third-order valence-corrected chi connectivity index (χ3v) is 3.00. The van der Waals surface area contributed by atoms with Crippen molar-refractivity contribution in [2.24, 2.45) is 0 Å². The predicted molar refractivity (Wildman–Crippen MR) is 64.5 cm³/mol. The predicted octanol–water partition coefficient (Wildman–Crippen LogP) is 0.762. The van der Waals surface area contributed by atoms with Crippen LogP contribution in [-0.4, -0.2) is 36.3 Å². The molecule has 1 aliphatic rings. The second-order valence-electron chi connectivity index (χ2n) is 4.23. The molecule has 0 unspecified atom stereocenters. The number of anilines is 1. The Morgan fingerprint density at radius 2 is 2.25 bits per heavy atom. The Kier molecular flexibility index (Phi) is 3.74. The van der Waals surface area contributed by atoms with Gasteiger partial charge in [-0.25, -0.2) is 4.98 Å². The second-order valence-corrected chi connectivity index (χ2v) is 4.23. The SMILES string of the molecule is CNCc1cccnc1N1CCC(O)CC1. The molecule has 1 fully saturated rings. The number of hydrogen-bond acceptors (Lipinski definition) is 4. The quantitative estimate of drug-likeness (QED) is 0.791. The molecule has 1 aromatic rings. The van der Waals surface area contributed by atoms with E-state index in [4.69, 9.17) is 0 Å². The molecule has 2 rings (SSSR count).